The molecular formula is C17H28O2. The molecule has 0 aromatic rings. The minimum Gasteiger partial charge on any atom is -0.353 e. The summed E-state index contributed by atoms with van der Waals surface area (Å²) in [7, 11) is 0. The lowest BCUT2D eigenvalue weighted by atomic mass is 10.2. The van der Waals surface area contributed by atoms with Crippen molar-refractivity contribution in [1.29, 1.82) is 0 Å². The van der Waals surface area contributed by atoms with Gasteiger partial charge in [0.15, 0.2) is 6.29 Å². The summed E-state index contributed by atoms with van der Waals surface area (Å²) in [5, 5.41) is 0. The van der Waals surface area contributed by atoms with Gasteiger partial charge in [0, 0.05) is 26.1 Å². The predicted octanol–water partition coefficient (Wildman–Crippen LogP) is 4.45. The average Bonchev–Trinajstić information content (AvgIpc) is 2.46. The average molecular weight is 264 g/mol. The van der Waals surface area contributed by atoms with Gasteiger partial charge in [0.1, 0.15) is 0 Å². The van der Waals surface area contributed by atoms with Crippen LogP contribution in [0.3, 0.4) is 0 Å². The molecule has 1 aliphatic heterocycles. The van der Waals surface area contributed by atoms with Gasteiger partial charge in [-0.15, -0.1) is 18.4 Å². The highest BCUT2D eigenvalue weighted by molar-refractivity contribution is 4.98. The van der Waals surface area contributed by atoms with E-state index in [1.807, 2.05) is 6.08 Å². The Morgan fingerprint density at radius 3 is 2.58 bits per heavy atom. The van der Waals surface area contributed by atoms with E-state index in [0.29, 0.717) is 0 Å². The fourth-order valence-corrected chi connectivity index (χ4v) is 2.05. The zero-order valence-electron chi connectivity index (χ0n) is 12.2. The number of allylic oxidation sites excluding steroid dienone is 1. The molecule has 0 radical (unpaired) electrons. The molecule has 0 aliphatic carbocycles. The molecule has 0 amide bonds. The standard InChI is InChI=1S/C17H28O2/c1-2-3-4-5-6-7-8-9-10-12-15-18-17-14-11-13-16-19-17/h2,17H,1,3-6,9-16H2. The van der Waals surface area contributed by atoms with Gasteiger partial charge >= 0.3 is 0 Å². The topological polar surface area (TPSA) is 18.5 Å². The number of hydrogen-bond acceptors (Lipinski definition) is 2. The van der Waals surface area contributed by atoms with Crippen LogP contribution in [0.15, 0.2) is 12.7 Å². The number of hydrogen-bond donors (Lipinski definition) is 0. The Balaban J connectivity index is 1.82. The summed E-state index contributed by atoms with van der Waals surface area (Å²) in [5.41, 5.74) is 0. The Bertz CT molecular complexity index is 269. The van der Waals surface area contributed by atoms with E-state index >= 15 is 0 Å². The van der Waals surface area contributed by atoms with Crippen molar-refractivity contribution in [3.8, 4) is 11.8 Å². The predicted molar refractivity (Wildman–Crippen MR) is 79.8 cm³/mol. The van der Waals surface area contributed by atoms with E-state index in [1.165, 1.54) is 25.7 Å². The summed E-state index contributed by atoms with van der Waals surface area (Å²) < 4.78 is 11.2. The van der Waals surface area contributed by atoms with E-state index in [9.17, 15) is 0 Å². The summed E-state index contributed by atoms with van der Waals surface area (Å²) in [6, 6.07) is 0. The van der Waals surface area contributed by atoms with Gasteiger partial charge in [-0.25, -0.2) is 0 Å². The van der Waals surface area contributed by atoms with E-state index in [1.54, 1.807) is 0 Å². The first-order chi connectivity index (χ1) is 9.43. The van der Waals surface area contributed by atoms with Crippen LogP contribution in [0, 0.1) is 11.8 Å². The summed E-state index contributed by atoms with van der Waals surface area (Å²) in [4.78, 5) is 0. The molecule has 2 nitrogen and oxygen atoms in total. The molecule has 1 aliphatic rings. The van der Waals surface area contributed by atoms with Crippen molar-refractivity contribution in [2.45, 2.75) is 70.5 Å². The second-order valence-electron chi connectivity index (χ2n) is 5.01. The van der Waals surface area contributed by atoms with Crippen LogP contribution < -0.4 is 0 Å². The van der Waals surface area contributed by atoms with E-state index < -0.39 is 0 Å². The molecule has 19 heavy (non-hydrogen) atoms. The van der Waals surface area contributed by atoms with Crippen LogP contribution in [0.2, 0.25) is 0 Å². The molecule has 1 rings (SSSR count). The fourth-order valence-electron chi connectivity index (χ4n) is 2.05. The summed E-state index contributed by atoms with van der Waals surface area (Å²) in [6.45, 7) is 5.39. The van der Waals surface area contributed by atoms with Crippen molar-refractivity contribution in [1.82, 2.24) is 0 Å². The Morgan fingerprint density at radius 1 is 1.11 bits per heavy atom. The molecule has 0 spiro atoms. The first kappa shape index (κ1) is 16.3. The molecule has 1 unspecified atom stereocenters. The molecule has 0 aromatic carbocycles. The van der Waals surface area contributed by atoms with Gasteiger partial charge in [-0.3, -0.25) is 0 Å². The van der Waals surface area contributed by atoms with Crippen LogP contribution in [0.4, 0.5) is 0 Å². The van der Waals surface area contributed by atoms with Gasteiger partial charge in [0.2, 0.25) is 0 Å². The number of ether oxygens (including phenoxy) is 2. The molecule has 1 atom stereocenters. The molecule has 2 heteroatoms. The highest BCUT2D eigenvalue weighted by atomic mass is 16.7. The maximum absolute atomic E-state index is 5.68. The normalized spacial score (nSPS) is 18.6. The summed E-state index contributed by atoms with van der Waals surface area (Å²) in [6.07, 6.45) is 13.3. The first-order valence-corrected chi connectivity index (χ1v) is 7.73. The molecule has 108 valence electrons. The van der Waals surface area contributed by atoms with E-state index in [0.717, 1.165) is 51.7 Å². The van der Waals surface area contributed by atoms with Gasteiger partial charge < -0.3 is 9.47 Å². The van der Waals surface area contributed by atoms with Crippen LogP contribution in [0.5, 0.6) is 0 Å². The Morgan fingerprint density at radius 2 is 1.89 bits per heavy atom. The van der Waals surface area contributed by atoms with Gasteiger partial charge in [0.05, 0.1) is 0 Å². The van der Waals surface area contributed by atoms with E-state index in [4.69, 9.17) is 9.47 Å². The van der Waals surface area contributed by atoms with Crippen molar-refractivity contribution in [3.63, 3.8) is 0 Å². The second-order valence-corrected chi connectivity index (χ2v) is 5.01. The van der Waals surface area contributed by atoms with E-state index in [2.05, 4.69) is 18.4 Å². The molecule has 1 fully saturated rings. The molecule has 1 heterocycles. The third-order valence-electron chi connectivity index (χ3n) is 3.22. The van der Waals surface area contributed by atoms with Crippen molar-refractivity contribution in [3.05, 3.63) is 12.7 Å². The lowest BCUT2D eigenvalue weighted by molar-refractivity contribution is -0.162. The monoisotopic (exact) mass is 264 g/mol. The SMILES string of the molecule is C=CCCCCC#CCCCCOC1CCCCO1. The van der Waals surface area contributed by atoms with Gasteiger partial charge in [-0.1, -0.05) is 6.08 Å². The highest BCUT2D eigenvalue weighted by Crippen LogP contribution is 2.14. The van der Waals surface area contributed by atoms with Crippen LogP contribution in [-0.4, -0.2) is 19.5 Å². The quantitative estimate of drug-likeness (QED) is 0.348. The smallest absolute Gasteiger partial charge is 0.157 e. The first-order valence-electron chi connectivity index (χ1n) is 7.73. The third-order valence-corrected chi connectivity index (χ3v) is 3.22. The highest BCUT2D eigenvalue weighted by Gasteiger charge is 2.12. The van der Waals surface area contributed by atoms with E-state index in [-0.39, 0.29) is 6.29 Å². The largest absolute Gasteiger partial charge is 0.353 e. The summed E-state index contributed by atoms with van der Waals surface area (Å²) >= 11 is 0. The Hall–Kier alpha value is -0.780. The Labute approximate surface area is 118 Å². The van der Waals surface area contributed by atoms with Crippen LogP contribution in [0.1, 0.15) is 64.2 Å². The van der Waals surface area contributed by atoms with Crippen LogP contribution >= 0.6 is 0 Å². The molecule has 0 aromatic heterocycles. The Kier molecular flexibility index (Phi) is 10.5. The van der Waals surface area contributed by atoms with Crippen molar-refractivity contribution in [2.24, 2.45) is 0 Å². The second kappa shape index (κ2) is 12.3. The van der Waals surface area contributed by atoms with Crippen molar-refractivity contribution in [2.75, 3.05) is 13.2 Å². The molecule has 1 saturated heterocycles. The molecular weight excluding hydrogens is 236 g/mol. The van der Waals surface area contributed by atoms with Crippen LogP contribution in [-0.2, 0) is 9.47 Å². The lowest BCUT2D eigenvalue weighted by Crippen LogP contribution is -2.22. The minimum absolute atomic E-state index is 0.0599. The number of rotatable bonds is 9. The van der Waals surface area contributed by atoms with Crippen LogP contribution in [0.25, 0.3) is 0 Å². The maximum atomic E-state index is 5.68. The zero-order chi connectivity index (χ0) is 13.6. The molecule has 0 bridgehead atoms. The third kappa shape index (κ3) is 9.76. The van der Waals surface area contributed by atoms with Crippen molar-refractivity contribution >= 4 is 0 Å². The van der Waals surface area contributed by atoms with Gasteiger partial charge in [-0.05, 0) is 51.4 Å². The minimum atomic E-state index is 0.0599. The maximum Gasteiger partial charge on any atom is 0.157 e. The van der Waals surface area contributed by atoms with Crippen molar-refractivity contribution < 1.29 is 9.47 Å². The molecule has 0 saturated carbocycles. The lowest BCUT2D eigenvalue weighted by Gasteiger charge is -2.22. The van der Waals surface area contributed by atoms with Gasteiger partial charge in [-0.2, -0.15) is 0 Å². The fraction of sp³-hybridized carbons (Fsp3) is 0.765. The summed E-state index contributed by atoms with van der Waals surface area (Å²) in [5.74, 6) is 6.47. The molecule has 0 N–H and O–H groups in total. The van der Waals surface area contributed by atoms with Gasteiger partial charge in [0.25, 0.3) is 0 Å². The number of unbranched alkanes of at least 4 members (excludes halogenated alkanes) is 5. The zero-order valence-corrected chi connectivity index (χ0v) is 12.2.